The van der Waals surface area contributed by atoms with E-state index in [9.17, 15) is 40.2 Å². The number of carbonyl (C=O) groups is 2. The number of fused-ring (bicyclic) bond motifs is 5. The van der Waals surface area contributed by atoms with Gasteiger partial charge < -0.3 is 44.8 Å². The monoisotopic (exact) mass is 630 g/mol. The summed E-state index contributed by atoms with van der Waals surface area (Å²) in [7, 11) is 0. The van der Waals surface area contributed by atoms with E-state index in [1.165, 1.54) is 31.2 Å². The predicted molar refractivity (Wildman–Crippen MR) is 159 cm³/mol. The number of Topliss-reactive ketones (excluding diaryl/α,β-unsaturated/α-hetero) is 1. The van der Waals surface area contributed by atoms with Gasteiger partial charge in [0.15, 0.2) is 12.1 Å². The van der Waals surface area contributed by atoms with Crippen LogP contribution in [0.5, 0.6) is 5.75 Å². The summed E-state index contributed by atoms with van der Waals surface area (Å²) in [6.45, 7) is 6.53. The minimum absolute atomic E-state index is 0.0234. The Labute approximate surface area is 262 Å². The van der Waals surface area contributed by atoms with Crippen LogP contribution < -0.4 is 0 Å². The molecule has 5 aliphatic rings. The van der Waals surface area contributed by atoms with Crippen molar-refractivity contribution in [2.24, 2.45) is 16.7 Å². The SMILES string of the molecule is CC(=O)[C@]1(O)CC[C@@]2(O)[C@]1(C)[C@H](OC(=O)c1ccc(O)cc1)C[C@@H]1[C@@]3(C)CC[C@H](O[C@H]4C[C@H](O)[C@H](O)[C@H](C)O4)CC3=CC[C@]12O. The number of esters is 1. The summed E-state index contributed by atoms with van der Waals surface area (Å²) in [5, 5.41) is 67.2. The minimum Gasteiger partial charge on any atom is -0.508 e. The zero-order chi connectivity index (χ0) is 32.7. The quantitative estimate of drug-likeness (QED) is 0.207. The van der Waals surface area contributed by atoms with Crippen molar-refractivity contribution in [1.82, 2.24) is 0 Å². The van der Waals surface area contributed by atoms with Gasteiger partial charge in [0.05, 0.1) is 29.3 Å². The van der Waals surface area contributed by atoms with Gasteiger partial charge in [0, 0.05) is 12.3 Å². The number of carbonyl (C=O) groups excluding carboxylic acids is 2. The van der Waals surface area contributed by atoms with Gasteiger partial charge in [-0.3, -0.25) is 4.79 Å². The summed E-state index contributed by atoms with van der Waals surface area (Å²) in [4.78, 5) is 26.5. The fourth-order valence-electron chi connectivity index (χ4n) is 9.59. The average molecular weight is 631 g/mol. The highest BCUT2D eigenvalue weighted by Gasteiger charge is 2.81. The lowest BCUT2D eigenvalue weighted by molar-refractivity contribution is -0.313. The second kappa shape index (κ2) is 10.8. The van der Waals surface area contributed by atoms with Crippen LogP contribution in [-0.4, -0.2) is 96.0 Å². The first-order chi connectivity index (χ1) is 21.0. The lowest BCUT2D eigenvalue weighted by Gasteiger charge is -2.67. The van der Waals surface area contributed by atoms with Gasteiger partial charge in [-0.25, -0.2) is 4.79 Å². The van der Waals surface area contributed by atoms with Crippen LogP contribution in [0.4, 0.5) is 0 Å². The number of ether oxygens (including phenoxy) is 3. The number of hydrogen-bond acceptors (Lipinski definition) is 11. The second-order valence-electron chi connectivity index (χ2n) is 14.5. The van der Waals surface area contributed by atoms with Crippen LogP contribution in [0.25, 0.3) is 0 Å². The first kappa shape index (κ1) is 32.6. The summed E-state index contributed by atoms with van der Waals surface area (Å²) in [5.74, 6) is -1.90. The molecule has 1 heterocycles. The lowest BCUT2D eigenvalue weighted by atomic mass is 9.42. The highest BCUT2D eigenvalue weighted by atomic mass is 16.7. The molecule has 1 aliphatic heterocycles. The van der Waals surface area contributed by atoms with Crippen LogP contribution >= 0.6 is 0 Å². The van der Waals surface area contributed by atoms with E-state index in [-0.39, 0.29) is 49.5 Å². The van der Waals surface area contributed by atoms with Crippen molar-refractivity contribution >= 4 is 11.8 Å². The van der Waals surface area contributed by atoms with Crippen LogP contribution in [-0.2, 0) is 19.0 Å². The Hall–Kier alpha value is -2.38. The molecule has 0 amide bonds. The highest BCUT2D eigenvalue weighted by Crippen LogP contribution is 2.71. The molecule has 45 heavy (non-hydrogen) atoms. The minimum atomic E-state index is -2.05. The third kappa shape index (κ3) is 4.57. The molecule has 0 radical (unpaired) electrons. The van der Waals surface area contributed by atoms with E-state index < -0.39 is 76.0 Å². The van der Waals surface area contributed by atoms with Crippen molar-refractivity contribution in [3.8, 4) is 5.75 Å². The maximum absolute atomic E-state index is 13.5. The second-order valence-corrected chi connectivity index (χ2v) is 14.5. The molecule has 4 aliphatic carbocycles. The molecule has 12 atom stereocenters. The molecule has 0 unspecified atom stereocenters. The normalized spacial score (nSPS) is 47.6. The summed E-state index contributed by atoms with van der Waals surface area (Å²) in [5.41, 5.74) is -6.88. The van der Waals surface area contributed by atoms with Gasteiger partial charge in [0.25, 0.3) is 0 Å². The Morgan fingerprint density at radius 1 is 1.00 bits per heavy atom. The topological polar surface area (TPSA) is 183 Å². The Morgan fingerprint density at radius 2 is 1.69 bits per heavy atom. The van der Waals surface area contributed by atoms with Crippen LogP contribution in [0.1, 0.15) is 89.4 Å². The largest absolute Gasteiger partial charge is 0.508 e. The number of aliphatic hydroxyl groups excluding tert-OH is 2. The first-order valence-electron chi connectivity index (χ1n) is 16.0. The molecule has 3 saturated carbocycles. The maximum Gasteiger partial charge on any atom is 0.338 e. The van der Waals surface area contributed by atoms with Crippen LogP contribution in [0.2, 0.25) is 0 Å². The van der Waals surface area contributed by atoms with Gasteiger partial charge in [-0.1, -0.05) is 18.6 Å². The first-order valence-corrected chi connectivity index (χ1v) is 16.0. The van der Waals surface area contributed by atoms with Crippen LogP contribution in [0.3, 0.4) is 0 Å². The van der Waals surface area contributed by atoms with Crippen molar-refractivity contribution in [3.63, 3.8) is 0 Å². The van der Waals surface area contributed by atoms with Crippen molar-refractivity contribution in [2.45, 2.75) is 133 Å². The molecule has 0 spiro atoms. The number of phenols is 1. The molecule has 4 fully saturated rings. The summed E-state index contributed by atoms with van der Waals surface area (Å²) < 4.78 is 18.2. The third-order valence-electron chi connectivity index (χ3n) is 12.5. The number of aromatic hydroxyl groups is 1. The Bertz CT molecular complexity index is 1370. The fraction of sp³-hybridized carbons (Fsp3) is 0.706. The van der Waals surface area contributed by atoms with Gasteiger partial charge >= 0.3 is 5.97 Å². The van der Waals surface area contributed by atoms with Gasteiger partial charge in [-0.15, -0.1) is 0 Å². The fourth-order valence-corrected chi connectivity index (χ4v) is 9.59. The van der Waals surface area contributed by atoms with E-state index in [1.807, 2.05) is 13.0 Å². The van der Waals surface area contributed by atoms with Crippen molar-refractivity contribution < 1.29 is 54.4 Å². The Morgan fingerprint density at radius 3 is 2.33 bits per heavy atom. The van der Waals surface area contributed by atoms with Crippen molar-refractivity contribution in [2.75, 3.05) is 0 Å². The molecule has 248 valence electrons. The molecule has 0 bridgehead atoms. The lowest BCUT2D eigenvalue weighted by Crippen LogP contribution is -2.78. The third-order valence-corrected chi connectivity index (χ3v) is 12.5. The van der Waals surface area contributed by atoms with Crippen LogP contribution in [0, 0.1) is 16.7 Å². The number of ketones is 1. The number of phenolic OH excluding ortho intramolecular Hbond substituents is 1. The molecule has 6 N–H and O–H groups in total. The average Bonchev–Trinajstić information content (AvgIpc) is 3.22. The number of rotatable bonds is 5. The van der Waals surface area contributed by atoms with Crippen molar-refractivity contribution in [3.05, 3.63) is 41.5 Å². The zero-order valence-electron chi connectivity index (χ0n) is 26.3. The molecule has 11 nitrogen and oxygen atoms in total. The van der Waals surface area contributed by atoms with Gasteiger partial charge in [0.2, 0.25) is 0 Å². The van der Waals surface area contributed by atoms with E-state index >= 15 is 0 Å². The summed E-state index contributed by atoms with van der Waals surface area (Å²) in [6.07, 6.45) is -0.707. The van der Waals surface area contributed by atoms with E-state index in [4.69, 9.17) is 14.2 Å². The molecule has 6 rings (SSSR count). The predicted octanol–water partition coefficient (Wildman–Crippen LogP) is 2.28. The molecule has 1 aromatic rings. The number of aliphatic hydroxyl groups is 5. The highest BCUT2D eigenvalue weighted by molar-refractivity contribution is 5.90. The van der Waals surface area contributed by atoms with E-state index in [0.29, 0.717) is 19.3 Å². The maximum atomic E-state index is 13.5. The molecule has 0 aromatic heterocycles. The Kier molecular flexibility index (Phi) is 7.84. The standard InChI is InChI=1S/C34H46O11/c1-18-28(38)24(37)16-27(43-18)44-23-10-11-30(3)21(15-23)9-12-33(41)25(30)17-26(45-29(39)20-5-7-22(36)8-6-20)31(4)32(40,19(2)35)13-14-34(31,33)42/h5-9,18,23-28,36-38,40-42H,10-17H2,1-4H3/t18-,23-,24-,25+,26+,27-,28+,30-,31+,32+,33-,34+/m0/s1. The smallest absolute Gasteiger partial charge is 0.338 e. The van der Waals surface area contributed by atoms with Gasteiger partial charge in [0.1, 0.15) is 34.8 Å². The van der Waals surface area contributed by atoms with Gasteiger partial charge in [-0.05, 0) is 95.4 Å². The van der Waals surface area contributed by atoms with E-state index in [0.717, 1.165) is 5.57 Å². The van der Waals surface area contributed by atoms with Gasteiger partial charge in [-0.2, -0.15) is 0 Å². The molecule has 1 aromatic carbocycles. The number of hydrogen-bond donors (Lipinski definition) is 6. The molecular formula is C34H46O11. The Balaban J connectivity index is 1.33. The number of benzene rings is 1. The van der Waals surface area contributed by atoms with E-state index in [1.54, 1.807) is 13.8 Å². The summed E-state index contributed by atoms with van der Waals surface area (Å²) >= 11 is 0. The van der Waals surface area contributed by atoms with E-state index in [2.05, 4.69) is 0 Å². The molecule has 1 saturated heterocycles. The summed E-state index contributed by atoms with van der Waals surface area (Å²) in [6, 6.07) is 5.55. The molecular weight excluding hydrogens is 584 g/mol. The van der Waals surface area contributed by atoms with Crippen LogP contribution in [0.15, 0.2) is 35.9 Å². The zero-order valence-corrected chi connectivity index (χ0v) is 26.3. The molecule has 11 heteroatoms. The van der Waals surface area contributed by atoms with Crippen molar-refractivity contribution in [1.29, 1.82) is 0 Å².